The Morgan fingerprint density at radius 1 is 1.03 bits per heavy atom. The van der Waals surface area contributed by atoms with E-state index >= 15 is 0 Å². The number of nitrogens with zero attached hydrogens (tertiary/aromatic N) is 1. The second-order valence-corrected chi connectivity index (χ2v) is 9.09. The molecule has 2 aromatic rings. The molecule has 0 aliphatic heterocycles. The van der Waals surface area contributed by atoms with Crippen LogP contribution in [0.1, 0.15) is 24.2 Å². The van der Waals surface area contributed by atoms with Crippen LogP contribution >= 0.6 is 34.8 Å². The summed E-state index contributed by atoms with van der Waals surface area (Å²) in [6.07, 6.45) is 0. The topological polar surface area (TPSA) is 92.8 Å². The zero-order chi connectivity index (χ0) is 22.5. The monoisotopic (exact) mass is 492 g/mol. The highest BCUT2D eigenvalue weighted by Gasteiger charge is 2.24. The summed E-state index contributed by atoms with van der Waals surface area (Å²) in [5.41, 5.74) is 0.0917. The second-order valence-electron chi connectivity index (χ2n) is 5.96. The quantitative estimate of drug-likeness (QED) is 0.548. The molecule has 2 aromatic carbocycles. The summed E-state index contributed by atoms with van der Waals surface area (Å²) in [5.74, 6) is -1.60. The highest BCUT2D eigenvalue weighted by atomic mass is 35.5. The van der Waals surface area contributed by atoms with Gasteiger partial charge in [0.1, 0.15) is 0 Å². The molecule has 162 valence electrons. The van der Waals surface area contributed by atoms with Crippen LogP contribution in [0.4, 0.5) is 5.69 Å². The number of carbonyl (C=O) groups is 2. The molecule has 0 aromatic heterocycles. The van der Waals surface area contributed by atoms with Gasteiger partial charge in [-0.2, -0.15) is 4.31 Å². The number of rotatable bonds is 8. The molecule has 0 bridgehead atoms. The van der Waals surface area contributed by atoms with E-state index in [-0.39, 0.29) is 44.3 Å². The number of esters is 1. The first-order valence-electron chi connectivity index (χ1n) is 8.82. The maximum Gasteiger partial charge on any atom is 0.340 e. The average molecular weight is 494 g/mol. The van der Waals surface area contributed by atoms with Crippen LogP contribution in [0.2, 0.25) is 15.1 Å². The minimum atomic E-state index is -3.79. The predicted octanol–water partition coefficient (Wildman–Crippen LogP) is 4.47. The van der Waals surface area contributed by atoms with Crippen LogP contribution in [-0.2, 0) is 19.6 Å². The van der Waals surface area contributed by atoms with Crippen molar-refractivity contribution in [1.82, 2.24) is 4.31 Å². The molecule has 7 nitrogen and oxygen atoms in total. The minimum absolute atomic E-state index is 0.00297. The van der Waals surface area contributed by atoms with Crippen molar-refractivity contribution in [1.29, 1.82) is 0 Å². The fourth-order valence-electron chi connectivity index (χ4n) is 2.53. The molecule has 0 aliphatic rings. The van der Waals surface area contributed by atoms with E-state index in [1.165, 1.54) is 22.5 Å². The number of ether oxygens (including phenoxy) is 1. The second kappa shape index (κ2) is 10.5. The van der Waals surface area contributed by atoms with Crippen molar-refractivity contribution in [2.45, 2.75) is 18.7 Å². The van der Waals surface area contributed by atoms with Gasteiger partial charge in [0.05, 0.1) is 31.2 Å². The highest BCUT2D eigenvalue weighted by Crippen LogP contribution is 2.29. The summed E-state index contributed by atoms with van der Waals surface area (Å²) >= 11 is 17.9. The van der Waals surface area contributed by atoms with E-state index in [1.807, 2.05) is 0 Å². The van der Waals surface area contributed by atoms with Crippen LogP contribution in [0.3, 0.4) is 0 Å². The van der Waals surface area contributed by atoms with Gasteiger partial charge in [-0.25, -0.2) is 13.2 Å². The van der Waals surface area contributed by atoms with Crippen molar-refractivity contribution in [3.05, 3.63) is 57.0 Å². The Balaban J connectivity index is 2.13. The number of hydrogen-bond donors (Lipinski definition) is 1. The molecule has 0 atom stereocenters. The Kier molecular flexibility index (Phi) is 8.52. The van der Waals surface area contributed by atoms with Gasteiger partial charge >= 0.3 is 5.97 Å². The molecule has 2 rings (SSSR count). The van der Waals surface area contributed by atoms with Crippen LogP contribution in [0.25, 0.3) is 0 Å². The van der Waals surface area contributed by atoms with E-state index in [1.54, 1.807) is 26.0 Å². The van der Waals surface area contributed by atoms with Gasteiger partial charge in [-0.1, -0.05) is 54.7 Å². The van der Waals surface area contributed by atoms with Crippen LogP contribution in [0.15, 0.2) is 41.3 Å². The molecule has 1 amide bonds. The summed E-state index contributed by atoms with van der Waals surface area (Å²) in [4.78, 5) is 24.4. The van der Waals surface area contributed by atoms with Gasteiger partial charge in [-0.3, -0.25) is 4.79 Å². The molecule has 1 N–H and O–H groups in total. The summed E-state index contributed by atoms with van der Waals surface area (Å²) in [6, 6.07) is 8.41. The Bertz CT molecular complexity index is 1060. The molecule has 0 heterocycles. The molecule has 0 saturated carbocycles. The SMILES string of the molecule is CCN(CC)S(=O)(=O)c1ccc(Cl)c(C(=O)OCC(=O)Nc2cccc(Cl)c2Cl)c1. The maximum absolute atomic E-state index is 12.7. The zero-order valence-corrected chi connectivity index (χ0v) is 19.2. The Morgan fingerprint density at radius 3 is 2.33 bits per heavy atom. The van der Waals surface area contributed by atoms with Gasteiger partial charge in [0.2, 0.25) is 10.0 Å². The molecular formula is C19H19Cl3N2O5S. The normalized spacial score (nSPS) is 11.4. The minimum Gasteiger partial charge on any atom is -0.452 e. The lowest BCUT2D eigenvalue weighted by atomic mass is 10.2. The van der Waals surface area contributed by atoms with E-state index in [2.05, 4.69) is 5.32 Å². The summed E-state index contributed by atoms with van der Waals surface area (Å²) in [6.45, 7) is 3.32. The van der Waals surface area contributed by atoms with E-state index in [0.717, 1.165) is 6.07 Å². The van der Waals surface area contributed by atoms with Gasteiger partial charge in [0.25, 0.3) is 5.91 Å². The first-order valence-corrected chi connectivity index (χ1v) is 11.4. The number of halogens is 3. The first-order chi connectivity index (χ1) is 14.1. The third-order valence-electron chi connectivity index (χ3n) is 4.06. The maximum atomic E-state index is 12.7. The zero-order valence-electron chi connectivity index (χ0n) is 16.1. The number of hydrogen-bond acceptors (Lipinski definition) is 5. The molecule has 11 heteroatoms. The number of carbonyl (C=O) groups excluding carboxylic acids is 2. The number of nitrogens with one attached hydrogen (secondary N) is 1. The van der Waals surface area contributed by atoms with Crippen molar-refractivity contribution < 1.29 is 22.7 Å². The standard InChI is InChI=1S/C19H19Cl3N2O5S/c1-3-24(4-2)30(27,28)12-8-9-14(20)13(10-12)19(26)29-11-17(25)23-16-7-5-6-15(21)18(16)22/h5-10H,3-4,11H2,1-2H3,(H,23,25). The van der Waals surface area contributed by atoms with Crippen molar-refractivity contribution in [2.24, 2.45) is 0 Å². The Labute approximate surface area is 189 Å². The van der Waals surface area contributed by atoms with Crippen molar-refractivity contribution in [3.8, 4) is 0 Å². The van der Waals surface area contributed by atoms with Crippen LogP contribution in [0.5, 0.6) is 0 Å². The molecule has 0 unspecified atom stereocenters. The number of sulfonamides is 1. The number of benzene rings is 2. The number of anilines is 1. The molecule has 0 fully saturated rings. The summed E-state index contributed by atoms with van der Waals surface area (Å²) in [7, 11) is -3.79. The van der Waals surface area contributed by atoms with Crippen LogP contribution < -0.4 is 5.32 Å². The lowest BCUT2D eigenvalue weighted by molar-refractivity contribution is -0.119. The smallest absolute Gasteiger partial charge is 0.340 e. The first kappa shape index (κ1) is 24.4. The van der Waals surface area contributed by atoms with Crippen LogP contribution in [0, 0.1) is 0 Å². The highest BCUT2D eigenvalue weighted by molar-refractivity contribution is 7.89. The van der Waals surface area contributed by atoms with Crippen molar-refractivity contribution in [2.75, 3.05) is 25.0 Å². The molecule has 0 radical (unpaired) electrons. The molecule has 0 spiro atoms. The van der Waals surface area contributed by atoms with E-state index in [9.17, 15) is 18.0 Å². The third-order valence-corrected chi connectivity index (χ3v) is 7.26. The Morgan fingerprint density at radius 2 is 1.70 bits per heavy atom. The lowest BCUT2D eigenvalue weighted by Gasteiger charge is -2.19. The summed E-state index contributed by atoms with van der Waals surface area (Å²) in [5, 5.41) is 2.87. The van der Waals surface area contributed by atoms with Crippen molar-refractivity contribution in [3.63, 3.8) is 0 Å². The molecule has 0 aliphatic carbocycles. The largest absolute Gasteiger partial charge is 0.452 e. The molecule has 0 saturated heterocycles. The van der Waals surface area contributed by atoms with Crippen molar-refractivity contribution >= 4 is 62.4 Å². The average Bonchev–Trinajstić information content (AvgIpc) is 2.70. The van der Waals surface area contributed by atoms with Gasteiger partial charge in [0, 0.05) is 13.1 Å². The van der Waals surface area contributed by atoms with E-state index in [0.29, 0.717) is 0 Å². The lowest BCUT2D eigenvalue weighted by Crippen LogP contribution is -2.30. The summed E-state index contributed by atoms with van der Waals surface area (Å²) < 4.78 is 31.5. The Hall–Kier alpha value is -1.84. The van der Waals surface area contributed by atoms with Crippen LogP contribution in [-0.4, -0.2) is 44.3 Å². The third kappa shape index (κ3) is 5.65. The van der Waals surface area contributed by atoms with Gasteiger partial charge in [-0.15, -0.1) is 0 Å². The fourth-order valence-corrected chi connectivity index (χ4v) is 4.56. The van der Waals surface area contributed by atoms with Gasteiger partial charge in [-0.05, 0) is 30.3 Å². The van der Waals surface area contributed by atoms with E-state index < -0.39 is 28.5 Å². The van der Waals surface area contributed by atoms with Gasteiger partial charge < -0.3 is 10.1 Å². The van der Waals surface area contributed by atoms with Gasteiger partial charge in [0.15, 0.2) is 6.61 Å². The number of amides is 1. The van der Waals surface area contributed by atoms with E-state index in [4.69, 9.17) is 39.5 Å². The predicted molar refractivity (Wildman–Crippen MR) is 117 cm³/mol. The molecular weight excluding hydrogens is 475 g/mol. The fraction of sp³-hybridized carbons (Fsp3) is 0.263. The molecule has 30 heavy (non-hydrogen) atoms.